The van der Waals surface area contributed by atoms with Crippen LogP contribution in [0.5, 0.6) is 0 Å². The summed E-state index contributed by atoms with van der Waals surface area (Å²) < 4.78 is 22.5. The second kappa shape index (κ2) is 15.8. The van der Waals surface area contributed by atoms with Crippen molar-refractivity contribution >= 4 is 29.3 Å². The maximum absolute atomic E-state index is 15.6. The van der Waals surface area contributed by atoms with Gasteiger partial charge in [-0.15, -0.1) is 0 Å². The second-order valence-corrected chi connectivity index (χ2v) is 11.6. The summed E-state index contributed by atoms with van der Waals surface area (Å²) in [5.41, 5.74) is 0.843. The van der Waals surface area contributed by atoms with Gasteiger partial charge in [0.25, 0.3) is 5.91 Å². The van der Waals surface area contributed by atoms with Gasteiger partial charge >= 0.3 is 0 Å². The predicted octanol–water partition coefficient (Wildman–Crippen LogP) is 3.61. The molecule has 3 atom stereocenters. The van der Waals surface area contributed by atoms with E-state index in [4.69, 9.17) is 4.74 Å². The van der Waals surface area contributed by atoms with E-state index in [0.29, 0.717) is 44.1 Å². The van der Waals surface area contributed by atoms with Crippen LogP contribution in [0.25, 0.3) is 0 Å². The highest BCUT2D eigenvalue weighted by Gasteiger charge is 2.34. The largest absolute Gasteiger partial charge is 0.378 e. The molecule has 4 amide bonds. The van der Waals surface area contributed by atoms with Crippen molar-refractivity contribution in [3.63, 3.8) is 0 Å². The smallest absolute Gasteiger partial charge is 0.270 e. The maximum atomic E-state index is 15.6. The summed E-state index contributed by atoms with van der Waals surface area (Å²) in [4.78, 5) is 54.2. The number of morpholine rings is 1. The first-order chi connectivity index (χ1) is 21.2. The molecular formula is C32H45FN6O5. The van der Waals surface area contributed by atoms with E-state index in [-0.39, 0.29) is 29.8 Å². The van der Waals surface area contributed by atoms with E-state index >= 15 is 4.39 Å². The van der Waals surface area contributed by atoms with Gasteiger partial charge in [0, 0.05) is 38.2 Å². The van der Waals surface area contributed by atoms with E-state index in [2.05, 4.69) is 21.0 Å². The molecule has 1 aliphatic carbocycles. The highest BCUT2D eigenvalue weighted by atomic mass is 19.1. The second-order valence-electron chi connectivity index (χ2n) is 11.6. The van der Waals surface area contributed by atoms with E-state index in [1.165, 1.54) is 12.1 Å². The molecule has 0 radical (unpaired) electrons. The summed E-state index contributed by atoms with van der Waals surface area (Å²) >= 11 is 0. The molecule has 1 aliphatic heterocycles. The van der Waals surface area contributed by atoms with E-state index in [1.807, 2.05) is 6.92 Å². The number of hydrogen-bond donors (Lipinski definition) is 3. The van der Waals surface area contributed by atoms with Gasteiger partial charge in [-0.1, -0.05) is 45.6 Å². The van der Waals surface area contributed by atoms with Gasteiger partial charge in [-0.2, -0.15) is 5.10 Å². The van der Waals surface area contributed by atoms with Crippen LogP contribution in [0.3, 0.4) is 0 Å². The Morgan fingerprint density at radius 1 is 1.02 bits per heavy atom. The van der Waals surface area contributed by atoms with Crippen LogP contribution in [-0.4, -0.2) is 76.7 Å². The topological polar surface area (TPSA) is 135 Å². The molecule has 3 unspecified atom stereocenters. The lowest BCUT2D eigenvalue weighted by molar-refractivity contribution is -0.140. The average Bonchev–Trinajstić information content (AvgIpc) is 3.37. The van der Waals surface area contributed by atoms with E-state index in [1.54, 1.807) is 41.8 Å². The zero-order valence-corrected chi connectivity index (χ0v) is 25.9. The van der Waals surface area contributed by atoms with Gasteiger partial charge in [-0.25, -0.2) is 4.39 Å². The van der Waals surface area contributed by atoms with Crippen molar-refractivity contribution in [3.05, 3.63) is 47.5 Å². The number of rotatable bonds is 11. The Labute approximate surface area is 258 Å². The summed E-state index contributed by atoms with van der Waals surface area (Å²) in [5.74, 6) is -2.70. The quantitative estimate of drug-likeness (QED) is 0.332. The molecule has 1 saturated carbocycles. The fourth-order valence-corrected chi connectivity index (χ4v) is 6.01. The van der Waals surface area contributed by atoms with Gasteiger partial charge in [0.15, 0.2) is 0 Å². The fourth-order valence-electron chi connectivity index (χ4n) is 6.01. The van der Waals surface area contributed by atoms with Gasteiger partial charge in [0.2, 0.25) is 17.7 Å². The summed E-state index contributed by atoms with van der Waals surface area (Å²) in [6, 6.07) is 4.29. The summed E-state index contributed by atoms with van der Waals surface area (Å²) in [7, 11) is 0. The fraction of sp³-hybridized carbons (Fsp3) is 0.594. The van der Waals surface area contributed by atoms with E-state index < -0.39 is 35.6 Å². The minimum Gasteiger partial charge on any atom is -0.378 e. The molecule has 44 heavy (non-hydrogen) atoms. The number of halogens is 1. The van der Waals surface area contributed by atoms with Crippen LogP contribution in [0.1, 0.15) is 87.7 Å². The first kappa shape index (κ1) is 33.1. The zero-order valence-electron chi connectivity index (χ0n) is 25.9. The number of benzene rings is 1. The summed E-state index contributed by atoms with van der Waals surface area (Å²) in [6.45, 7) is 7.54. The highest BCUT2D eigenvalue weighted by Crippen LogP contribution is 2.29. The molecule has 2 aliphatic rings. The van der Waals surface area contributed by atoms with Gasteiger partial charge in [-0.05, 0) is 49.4 Å². The number of ether oxygens (including phenoxy) is 1. The van der Waals surface area contributed by atoms with Crippen LogP contribution in [0.2, 0.25) is 0 Å². The molecule has 1 saturated heterocycles. The Balaban J connectivity index is 1.52. The van der Waals surface area contributed by atoms with Crippen molar-refractivity contribution in [2.45, 2.75) is 90.3 Å². The highest BCUT2D eigenvalue weighted by molar-refractivity contribution is 6.00. The number of hydrogen-bond acceptors (Lipinski definition) is 6. The molecule has 3 N–H and O–H groups in total. The number of anilines is 1. The van der Waals surface area contributed by atoms with Crippen molar-refractivity contribution in [1.29, 1.82) is 0 Å². The Hall–Kier alpha value is -3.80. The normalized spacial score (nSPS) is 18.0. The number of amides is 4. The third kappa shape index (κ3) is 8.22. The number of carbonyl (C=O) groups excluding carboxylic acids is 4. The first-order valence-electron chi connectivity index (χ1n) is 15.8. The number of nitrogens with zero attached hydrogens (tertiary/aromatic N) is 3. The number of aryl methyl sites for hydroxylation is 1. The van der Waals surface area contributed by atoms with Crippen molar-refractivity contribution in [3.8, 4) is 0 Å². The lowest BCUT2D eigenvalue weighted by atomic mass is 9.90. The van der Waals surface area contributed by atoms with Crippen molar-refractivity contribution in [1.82, 2.24) is 25.3 Å². The van der Waals surface area contributed by atoms with Gasteiger partial charge in [-0.3, -0.25) is 23.9 Å². The Morgan fingerprint density at radius 2 is 1.73 bits per heavy atom. The minimum atomic E-state index is -0.883. The van der Waals surface area contributed by atoms with Crippen LogP contribution in [0.15, 0.2) is 30.5 Å². The Bertz CT molecular complexity index is 1300. The van der Waals surface area contributed by atoms with E-state index in [9.17, 15) is 19.2 Å². The van der Waals surface area contributed by atoms with E-state index in [0.717, 1.165) is 38.5 Å². The molecule has 12 heteroatoms. The maximum Gasteiger partial charge on any atom is 0.270 e. The minimum absolute atomic E-state index is 0.0222. The van der Waals surface area contributed by atoms with Crippen molar-refractivity contribution in [2.24, 2.45) is 5.92 Å². The lowest BCUT2D eigenvalue weighted by Gasteiger charge is -2.33. The summed E-state index contributed by atoms with van der Waals surface area (Å²) in [5, 5.41) is 12.6. The Kier molecular flexibility index (Phi) is 11.9. The van der Waals surface area contributed by atoms with Crippen LogP contribution in [-0.2, 0) is 25.7 Å². The molecule has 240 valence electrons. The monoisotopic (exact) mass is 612 g/mol. The molecule has 0 bridgehead atoms. The first-order valence-corrected chi connectivity index (χ1v) is 15.8. The van der Waals surface area contributed by atoms with Gasteiger partial charge in [0.1, 0.15) is 23.6 Å². The van der Waals surface area contributed by atoms with Crippen LogP contribution in [0, 0.1) is 11.7 Å². The summed E-state index contributed by atoms with van der Waals surface area (Å²) in [6.07, 6.45) is 7.38. The standard InChI is InChI=1S/C32H45FN6O5/c1-4-27(40)36-28(32(43)38-16-18-44-19-17-38)21(3)23-12-13-25(24(33)20-23)35-31(42)29(22-10-8-6-7-9-11-22)37-30(41)26-14-15-34-39(26)5-2/h12-15,20-22,28-29H,4-11,16-19H2,1-3H3,(H,35,42)(H,36,40)(H,37,41). The van der Waals surface area contributed by atoms with Crippen LogP contribution >= 0.6 is 0 Å². The molecule has 2 aromatic rings. The van der Waals surface area contributed by atoms with Gasteiger partial charge < -0.3 is 25.6 Å². The SMILES string of the molecule is CCC(=O)NC(C(=O)N1CCOCC1)C(C)c1ccc(NC(=O)C(NC(=O)c2ccnn2CC)C2CCCCCC2)c(F)c1. The molecule has 1 aromatic carbocycles. The number of aromatic nitrogens is 2. The van der Waals surface area contributed by atoms with Gasteiger partial charge in [0.05, 0.1) is 18.9 Å². The molecule has 1 aromatic heterocycles. The molecule has 11 nitrogen and oxygen atoms in total. The number of nitrogens with one attached hydrogen (secondary N) is 3. The average molecular weight is 613 g/mol. The molecule has 2 fully saturated rings. The lowest BCUT2D eigenvalue weighted by Crippen LogP contribution is -2.53. The molecule has 0 spiro atoms. The predicted molar refractivity (Wildman–Crippen MR) is 163 cm³/mol. The van der Waals surface area contributed by atoms with Crippen molar-refractivity contribution in [2.75, 3.05) is 31.6 Å². The zero-order chi connectivity index (χ0) is 31.6. The molecule has 2 heterocycles. The number of carbonyl (C=O) groups is 4. The third-order valence-electron chi connectivity index (χ3n) is 8.69. The molecular weight excluding hydrogens is 567 g/mol. The van der Waals surface area contributed by atoms with Crippen molar-refractivity contribution < 1.29 is 28.3 Å². The third-order valence-corrected chi connectivity index (χ3v) is 8.69. The Morgan fingerprint density at radius 3 is 2.36 bits per heavy atom. The van der Waals surface area contributed by atoms with Crippen LogP contribution < -0.4 is 16.0 Å². The van der Waals surface area contributed by atoms with Crippen LogP contribution in [0.4, 0.5) is 10.1 Å². The molecule has 4 rings (SSSR count).